The number of amides is 3. The van der Waals surface area contributed by atoms with Gasteiger partial charge in [0.05, 0.1) is 11.7 Å². The van der Waals surface area contributed by atoms with Crippen molar-refractivity contribution in [2.75, 3.05) is 16.3 Å². The minimum absolute atomic E-state index is 0.0945. The highest BCUT2D eigenvalue weighted by atomic mass is 19.1. The molecule has 36 heavy (non-hydrogen) atoms. The van der Waals surface area contributed by atoms with E-state index in [1.807, 2.05) is 6.92 Å². The maximum absolute atomic E-state index is 15.7. The zero-order valence-corrected chi connectivity index (χ0v) is 19.5. The summed E-state index contributed by atoms with van der Waals surface area (Å²) in [6.07, 6.45) is 2.85. The highest BCUT2D eigenvalue weighted by Crippen LogP contribution is 2.33. The number of hydrogen-bond donors (Lipinski definition) is 1. The molecule has 2 aromatic heterocycles. The van der Waals surface area contributed by atoms with Crippen molar-refractivity contribution in [3.8, 4) is 16.8 Å². The number of pyridine rings is 1. The number of benzene rings is 2. The molecule has 1 aliphatic heterocycles. The number of urea groups is 1. The van der Waals surface area contributed by atoms with Gasteiger partial charge in [0.15, 0.2) is 11.6 Å². The Balaban J connectivity index is 1.46. The van der Waals surface area contributed by atoms with E-state index in [0.717, 1.165) is 0 Å². The van der Waals surface area contributed by atoms with Crippen molar-refractivity contribution in [2.45, 2.75) is 13.0 Å². The Kier molecular flexibility index (Phi) is 5.59. The van der Waals surface area contributed by atoms with Gasteiger partial charge in [0.25, 0.3) is 0 Å². The molecule has 2 aromatic carbocycles. The normalized spacial score (nSPS) is 15.5. The first-order chi connectivity index (χ1) is 17.3. The predicted octanol–water partition coefficient (Wildman–Crippen LogP) is 2.71. The first-order valence-electron chi connectivity index (χ1n) is 11.1. The number of aryl methyl sites for hydroxylation is 1. The molecule has 1 fully saturated rings. The molecule has 182 valence electrons. The minimum atomic E-state index is -0.645. The van der Waals surface area contributed by atoms with E-state index >= 15 is 4.39 Å². The van der Waals surface area contributed by atoms with E-state index in [4.69, 9.17) is 5.73 Å². The Labute approximate surface area is 205 Å². The summed E-state index contributed by atoms with van der Waals surface area (Å²) in [5.41, 5.74) is 7.19. The first-order valence-corrected chi connectivity index (χ1v) is 11.1. The van der Waals surface area contributed by atoms with E-state index in [0.29, 0.717) is 16.9 Å². The van der Waals surface area contributed by atoms with E-state index in [-0.39, 0.29) is 35.2 Å². The van der Waals surface area contributed by atoms with Crippen molar-refractivity contribution in [2.24, 2.45) is 12.8 Å². The summed E-state index contributed by atoms with van der Waals surface area (Å²) in [6.45, 7) is 2.03. The van der Waals surface area contributed by atoms with E-state index in [1.54, 1.807) is 49.5 Å². The maximum Gasteiger partial charge on any atom is 0.350 e. The van der Waals surface area contributed by atoms with Gasteiger partial charge in [0.1, 0.15) is 6.33 Å². The molecule has 1 atom stereocenters. The van der Waals surface area contributed by atoms with Crippen LogP contribution < -0.4 is 21.2 Å². The van der Waals surface area contributed by atoms with Gasteiger partial charge in [-0.3, -0.25) is 19.2 Å². The molecule has 4 aromatic rings. The standard InChI is InChI=1S/C25H22FN7O3/c1-15-13-31(25(36)32(15)19-5-3-4-17(12-19)22(27)34)23-21(26)20(10-11-28-23)16-6-8-18(9-7-16)33-24(35)30(2)14-29-33/h3-12,14-15H,13H2,1-2H3,(H2,27,34)/t15-/m0/s1. The Morgan fingerprint density at radius 2 is 1.83 bits per heavy atom. The number of hydrogen-bond acceptors (Lipinski definition) is 5. The average molecular weight is 487 g/mol. The van der Waals surface area contributed by atoms with E-state index in [2.05, 4.69) is 10.1 Å². The summed E-state index contributed by atoms with van der Waals surface area (Å²) in [5.74, 6) is -1.34. The van der Waals surface area contributed by atoms with Gasteiger partial charge in [-0.15, -0.1) is 0 Å². The summed E-state index contributed by atoms with van der Waals surface area (Å²) >= 11 is 0. The summed E-state index contributed by atoms with van der Waals surface area (Å²) in [4.78, 5) is 44.0. The van der Waals surface area contributed by atoms with Crippen LogP contribution in [-0.4, -0.2) is 43.9 Å². The zero-order chi connectivity index (χ0) is 25.6. The molecule has 3 amide bonds. The highest BCUT2D eigenvalue weighted by Gasteiger charge is 2.39. The van der Waals surface area contributed by atoms with Crippen molar-refractivity contribution < 1.29 is 14.0 Å². The van der Waals surface area contributed by atoms with E-state index in [1.165, 1.54) is 43.7 Å². The Morgan fingerprint density at radius 3 is 2.50 bits per heavy atom. The zero-order valence-electron chi connectivity index (χ0n) is 19.5. The molecule has 1 saturated heterocycles. The largest absolute Gasteiger partial charge is 0.366 e. The summed E-state index contributed by atoms with van der Waals surface area (Å²) < 4.78 is 18.3. The van der Waals surface area contributed by atoms with Gasteiger partial charge < -0.3 is 5.73 Å². The van der Waals surface area contributed by atoms with E-state index < -0.39 is 17.8 Å². The smallest absolute Gasteiger partial charge is 0.350 e. The van der Waals surface area contributed by atoms with Crippen LogP contribution in [0.1, 0.15) is 17.3 Å². The number of halogens is 1. The number of carbonyl (C=O) groups excluding carboxylic acids is 2. The molecular weight excluding hydrogens is 465 g/mol. The van der Waals surface area contributed by atoms with Gasteiger partial charge in [-0.2, -0.15) is 9.78 Å². The lowest BCUT2D eigenvalue weighted by Gasteiger charge is -2.21. The maximum atomic E-state index is 15.7. The molecule has 0 radical (unpaired) electrons. The Bertz CT molecular complexity index is 1540. The quantitative estimate of drug-likeness (QED) is 0.464. The molecule has 1 aliphatic rings. The fourth-order valence-electron chi connectivity index (χ4n) is 4.27. The van der Waals surface area contributed by atoms with Crippen molar-refractivity contribution >= 4 is 23.4 Å². The van der Waals surface area contributed by atoms with Crippen molar-refractivity contribution in [3.63, 3.8) is 0 Å². The van der Waals surface area contributed by atoms with Crippen molar-refractivity contribution in [1.82, 2.24) is 19.3 Å². The second-order valence-corrected chi connectivity index (χ2v) is 8.51. The van der Waals surface area contributed by atoms with Gasteiger partial charge in [-0.05, 0) is 48.9 Å². The van der Waals surface area contributed by atoms with Gasteiger partial charge >= 0.3 is 11.7 Å². The number of aromatic nitrogens is 4. The monoisotopic (exact) mass is 487 g/mol. The predicted molar refractivity (Wildman–Crippen MR) is 132 cm³/mol. The molecule has 0 saturated carbocycles. The summed E-state index contributed by atoms with van der Waals surface area (Å²) in [7, 11) is 1.60. The van der Waals surface area contributed by atoms with Gasteiger partial charge in [-0.1, -0.05) is 18.2 Å². The number of nitrogens with two attached hydrogens (primary N) is 1. The minimum Gasteiger partial charge on any atom is -0.366 e. The topological polar surface area (TPSA) is 119 Å². The van der Waals surface area contributed by atoms with Crippen LogP contribution in [0.25, 0.3) is 16.8 Å². The Hall–Kier alpha value is -4.80. The molecule has 11 heteroatoms. The van der Waals surface area contributed by atoms with Crippen molar-refractivity contribution in [1.29, 1.82) is 0 Å². The molecular formula is C25H22FN7O3. The summed E-state index contributed by atoms with van der Waals surface area (Å²) in [6, 6.07) is 13.9. The van der Waals surface area contributed by atoms with Crippen LogP contribution in [0.5, 0.6) is 0 Å². The number of anilines is 2. The number of carbonyl (C=O) groups is 2. The van der Waals surface area contributed by atoms with Gasteiger partial charge in [0.2, 0.25) is 5.91 Å². The lowest BCUT2D eigenvalue weighted by Crippen LogP contribution is -2.34. The number of rotatable bonds is 5. The summed E-state index contributed by atoms with van der Waals surface area (Å²) in [5, 5.41) is 4.04. The molecule has 2 N–H and O–H groups in total. The molecule has 0 bridgehead atoms. The third-order valence-electron chi connectivity index (χ3n) is 6.11. The van der Waals surface area contributed by atoms with Gasteiger partial charge in [0, 0.05) is 36.6 Å². The molecule has 0 spiro atoms. The van der Waals surface area contributed by atoms with Gasteiger partial charge in [-0.25, -0.2) is 19.0 Å². The third-order valence-corrected chi connectivity index (χ3v) is 6.11. The van der Waals surface area contributed by atoms with Crippen LogP contribution in [0.4, 0.5) is 20.7 Å². The number of primary amides is 1. The first kappa shape index (κ1) is 23.0. The lowest BCUT2D eigenvalue weighted by molar-refractivity contribution is 0.1000. The SMILES string of the molecule is C[C@H]1CN(c2nccc(-c3ccc(-n4ncn(C)c4=O)cc3)c2F)C(=O)N1c1cccc(C(N)=O)c1. The molecule has 0 aliphatic carbocycles. The lowest BCUT2D eigenvalue weighted by atomic mass is 10.1. The molecule has 0 unspecified atom stereocenters. The van der Waals surface area contributed by atoms with Crippen LogP contribution >= 0.6 is 0 Å². The average Bonchev–Trinajstić information content (AvgIpc) is 3.36. The fourth-order valence-corrected chi connectivity index (χ4v) is 4.27. The molecule has 5 rings (SSSR count). The van der Waals surface area contributed by atoms with Crippen molar-refractivity contribution in [3.05, 3.63) is 89.0 Å². The highest BCUT2D eigenvalue weighted by molar-refractivity contribution is 6.07. The molecule has 3 heterocycles. The van der Waals surface area contributed by atoms with Crippen LogP contribution in [0.15, 0.2) is 71.9 Å². The van der Waals surface area contributed by atoms with Crippen LogP contribution in [0, 0.1) is 5.82 Å². The molecule has 10 nitrogen and oxygen atoms in total. The number of nitrogens with zero attached hydrogens (tertiary/aromatic N) is 6. The second kappa shape index (κ2) is 8.77. The third kappa shape index (κ3) is 3.80. The Morgan fingerprint density at radius 1 is 1.08 bits per heavy atom. The van der Waals surface area contributed by atoms with Crippen LogP contribution in [-0.2, 0) is 7.05 Å². The van der Waals surface area contributed by atoms with Crippen LogP contribution in [0.2, 0.25) is 0 Å². The second-order valence-electron chi connectivity index (χ2n) is 8.51. The van der Waals surface area contributed by atoms with Crippen LogP contribution in [0.3, 0.4) is 0 Å². The van der Waals surface area contributed by atoms with E-state index in [9.17, 15) is 14.4 Å². The fraction of sp³-hybridized carbons (Fsp3) is 0.160.